The van der Waals surface area contributed by atoms with Gasteiger partial charge in [0, 0.05) is 16.5 Å². The Labute approximate surface area is 113 Å². The van der Waals surface area contributed by atoms with E-state index in [9.17, 15) is 13.6 Å². The Morgan fingerprint density at radius 2 is 2.11 bits per heavy atom. The number of rotatable bonds is 4. The minimum absolute atomic E-state index is 0.0806. The second kappa shape index (κ2) is 5.52. The summed E-state index contributed by atoms with van der Waals surface area (Å²) in [6.07, 6.45) is 1.52. The van der Waals surface area contributed by atoms with Crippen molar-refractivity contribution in [3.05, 3.63) is 36.5 Å². The molecule has 0 N–H and O–H groups in total. The lowest BCUT2D eigenvalue weighted by Crippen LogP contribution is -2.27. The molecule has 19 heavy (non-hydrogen) atoms. The number of thioether (sulfide) groups is 1. The SMILES string of the molecule is CCOC(=O)C(F)(F)Sc1cccc2cccnc12. The maximum atomic E-state index is 13.7. The van der Waals surface area contributed by atoms with Crippen molar-refractivity contribution in [3.8, 4) is 0 Å². The molecule has 0 atom stereocenters. The number of fused-ring (bicyclic) bond motifs is 1. The zero-order chi connectivity index (χ0) is 13.9. The highest BCUT2D eigenvalue weighted by atomic mass is 32.2. The minimum Gasteiger partial charge on any atom is -0.461 e. The molecule has 1 heterocycles. The third-order valence-electron chi connectivity index (χ3n) is 2.35. The van der Waals surface area contributed by atoms with Gasteiger partial charge in [0.25, 0.3) is 0 Å². The zero-order valence-corrected chi connectivity index (χ0v) is 10.9. The van der Waals surface area contributed by atoms with Crippen molar-refractivity contribution in [2.24, 2.45) is 0 Å². The van der Waals surface area contributed by atoms with E-state index in [2.05, 4.69) is 9.72 Å². The van der Waals surface area contributed by atoms with Gasteiger partial charge < -0.3 is 4.74 Å². The fourth-order valence-electron chi connectivity index (χ4n) is 1.55. The van der Waals surface area contributed by atoms with Gasteiger partial charge in [0.1, 0.15) is 0 Å². The molecule has 0 aliphatic carbocycles. The van der Waals surface area contributed by atoms with Crippen LogP contribution in [0.2, 0.25) is 0 Å². The molecule has 0 aliphatic rings. The highest BCUT2D eigenvalue weighted by Crippen LogP contribution is 2.39. The summed E-state index contributed by atoms with van der Waals surface area (Å²) in [5, 5.41) is -2.88. The highest BCUT2D eigenvalue weighted by Gasteiger charge is 2.42. The molecule has 2 rings (SSSR count). The summed E-state index contributed by atoms with van der Waals surface area (Å²) in [6.45, 7) is 1.40. The van der Waals surface area contributed by atoms with Crippen LogP contribution in [0.15, 0.2) is 41.4 Å². The number of hydrogen-bond donors (Lipinski definition) is 0. The number of nitrogens with zero attached hydrogens (tertiary/aromatic N) is 1. The normalized spacial score (nSPS) is 11.5. The van der Waals surface area contributed by atoms with Gasteiger partial charge in [-0.2, -0.15) is 8.78 Å². The molecule has 1 aromatic carbocycles. The van der Waals surface area contributed by atoms with Gasteiger partial charge in [0.15, 0.2) is 0 Å². The van der Waals surface area contributed by atoms with Crippen LogP contribution in [0.4, 0.5) is 8.78 Å². The molecule has 0 fully saturated rings. The number of ether oxygens (including phenoxy) is 1. The average Bonchev–Trinajstić information content (AvgIpc) is 2.39. The number of aromatic nitrogens is 1. The topological polar surface area (TPSA) is 39.2 Å². The zero-order valence-electron chi connectivity index (χ0n) is 10.1. The average molecular weight is 283 g/mol. The Morgan fingerprint density at radius 1 is 1.37 bits per heavy atom. The van der Waals surface area contributed by atoms with E-state index in [0.29, 0.717) is 5.52 Å². The Bertz CT molecular complexity index is 599. The molecule has 6 heteroatoms. The van der Waals surface area contributed by atoms with Crippen LogP contribution < -0.4 is 0 Å². The summed E-state index contributed by atoms with van der Waals surface area (Å²) in [5.41, 5.74) is 0.443. The molecule has 0 amide bonds. The van der Waals surface area contributed by atoms with Gasteiger partial charge >= 0.3 is 11.2 Å². The number of halogens is 2. The Balaban J connectivity index is 2.33. The quantitative estimate of drug-likeness (QED) is 0.636. The summed E-state index contributed by atoms with van der Waals surface area (Å²) in [5.74, 6) is -1.53. The summed E-state index contributed by atoms with van der Waals surface area (Å²) in [6, 6.07) is 8.42. The molecule has 2 aromatic rings. The molecule has 3 nitrogen and oxygen atoms in total. The van der Waals surface area contributed by atoms with Crippen molar-refractivity contribution < 1.29 is 18.3 Å². The maximum Gasteiger partial charge on any atom is 0.393 e. The first-order valence-corrected chi connectivity index (χ1v) is 6.44. The van der Waals surface area contributed by atoms with Crippen molar-refractivity contribution in [1.29, 1.82) is 0 Å². The molecule has 0 bridgehead atoms. The molecule has 1 aromatic heterocycles. The molecule has 0 aliphatic heterocycles. The van der Waals surface area contributed by atoms with Gasteiger partial charge in [-0.25, -0.2) is 4.79 Å². The number of benzene rings is 1. The van der Waals surface area contributed by atoms with E-state index in [-0.39, 0.29) is 23.3 Å². The van der Waals surface area contributed by atoms with Gasteiger partial charge in [0.05, 0.1) is 12.1 Å². The fraction of sp³-hybridized carbons (Fsp3) is 0.231. The van der Waals surface area contributed by atoms with Crippen LogP contribution in [0.3, 0.4) is 0 Å². The number of para-hydroxylation sites is 1. The van der Waals surface area contributed by atoms with E-state index in [1.54, 1.807) is 24.3 Å². The van der Waals surface area contributed by atoms with Gasteiger partial charge in [0.2, 0.25) is 0 Å². The van der Waals surface area contributed by atoms with E-state index in [1.165, 1.54) is 19.2 Å². The van der Waals surface area contributed by atoms with E-state index < -0.39 is 11.2 Å². The van der Waals surface area contributed by atoms with Crippen LogP contribution >= 0.6 is 11.8 Å². The standard InChI is InChI=1S/C13H11F2NO2S/c1-2-18-12(17)13(14,15)19-10-7-3-5-9-6-4-8-16-11(9)10/h3-8H,2H2,1H3. The number of carbonyl (C=O) groups is 1. The molecular weight excluding hydrogens is 272 g/mol. The van der Waals surface area contributed by atoms with E-state index >= 15 is 0 Å². The first-order valence-electron chi connectivity index (χ1n) is 5.62. The first kappa shape index (κ1) is 13.7. The third-order valence-corrected chi connectivity index (χ3v) is 3.32. The fourth-order valence-corrected chi connectivity index (χ4v) is 2.39. The summed E-state index contributed by atoms with van der Waals surface area (Å²) in [4.78, 5) is 15.5. The van der Waals surface area contributed by atoms with Crippen LogP contribution in [0, 0.1) is 0 Å². The van der Waals surface area contributed by atoms with Gasteiger partial charge in [-0.15, -0.1) is 0 Å². The van der Waals surface area contributed by atoms with Crippen molar-refractivity contribution in [2.45, 2.75) is 17.1 Å². The van der Waals surface area contributed by atoms with Crippen LogP contribution in [0.1, 0.15) is 6.92 Å². The highest BCUT2D eigenvalue weighted by molar-refractivity contribution is 8.01. The Morgan fingerprint density at radius 3 is 2.84 bits per heavy atom. The second-order valence-electron chi connectivity index (χ2n) is 3.67. The largest absolute Gasteiger partial charge is 0.461 e. The maximum absolute atomic E-state index is 13.7. The molecule has 0 saturated carbocycles. The first-order chi connectivity index (χ1) is 9.04. The van der Waals surface area contributed by atoms with Crippen molar-refractivity contribution >= 4 is 28.6 Å². The van der Waals surface area contributed by atoms with Crippen LogP contribution in [-0.4, -0.2) is 22.8 Å². The second-order valence-corrected chi connectivity index (χ2v) is 4.83. The van der Waals surface area contributed by atoms with E-state index in [4.69, 9.17) is 0 Å². The monoisotopic (exact) mass is 283 g/mol. The summed E-state index contributed by atoms with van der Waals surface area (Å²) < 4.78 is 31.7. The Hall–Kier alpha value is -1.69. The van der Waals surface area contributed by atoms with Crippen LogP contribution in [-0.2, 0) is 9.53 Å². The van der Waals surface area contributed by atoms with Crippen molar-refractivity contribution in [1.82, 2.24) is 4.98 Å². The predicted octanol–water partition coefficient (Wildman–Crippen LogP) is 3.48. The van der Waals surface area contributed by atoms with Gasteiger partial charge in [-0.1, -0.05) is 18.2 Å². The number of pyridine rings is 1. The molecule has 0 unspecified atom stereocenters. The lowest BCUT2D eigenvalue weighted by atomic mass is 10.2. The van der Waals surface area contributed by atoms with Gasteiger partial charge in [-0.05, 0) is 30.8 Å². The molecule has 0 spiro atoms. The van der Waals surface area contributed by atoms with E-state index in [1.807, 2.05) is 0 Å². The summed E-state index contributed by atoms with van der Waals surface area (Å²) >= 11 is 0.153. The number of esters is 1. The lowest BCUT2D eigenvalue weighted by molar-refractivity contribution is -0.159. The lowest BCUT2D eigenvalue weighted by Gasteiger charge is -2.14. The smallest absolute Gasteiger partial charge is 0.393 e. The van der Waals surface area contributed by atoms with Crippen LogP contribution in [0.25, 0.3) is 10.9 Å². The molecular formula is C13H11F2NO2S. The number of alkyl halides is 2. The van der Waals surface area contributed by atoms with Gasteiger partial charge in [-0.3, -0.25) is 4.98 Å². The molecule has 100 valence electrons. The van der Waals surface area contributed by atoms with Crippen molar-refractivity contribution in [3.63, 3.8) is 0 Å². The molecule has 0 saturated heterocycles. The van der Waals surface area contributed by atoms with Crippen LogP contribution in [0.5, 0.6) is 0 Å². The minimum atomic E-state index is -3.62. The predicted molar refractivity (Wildman–Crippen MR) is 69.2 cm³/mol. The number of hydrogen-bond acceptors (Lipinski definition) is 4. The molecule has 0 radical (unpaired) electrons. The van der Waals surface area contributed by atoms with Crippen molar-refractivity contribution in [2.75, 3.05) is 6.61 Å². The summed E-state index contributed by atoms with van der Waals surface area (Å²) in [7, 11) is 0. The third kappa shape index (κ3) is 3.01. The Kier molecular flexibility index (Phi) is 3.99. The number of carbonyl (C=O) groups excluding carboxylic acids is 1. The van der Waals surface area contributed by atoms with E-state index in [0.717, 1.165) is 5.39 Å².